The van der Waals surface area contributed by atoms with Crippen LogP contribution in [0.15, 0.2) is 30.6 Å². The van der Waals surface area contributed by atoms with E-state index in [1.165, 1.54) is 3.57 Å². The summed E-state index contributed by atoms with van der Waals surface area (Å²) in [7, 11) is 0. The Balaban J connectivity index is 2.26. The van der Waals surface area contributed by atoms with E-state index in [-0.39, 0.29) is 0 Å². The summed E-state index contributed by atoms with van der Waals surface area (Å²) in [5.41, 5.74) is 2.21. The van der Waals surface area contributed by atoms with Crippen molar-refractivity contribution in [3.05, 3.63) is 39.7 Å². The Kier molecular flexibility index (Phi) is 6.22. The maximum atomic E-state index is 4.42. The van der Waals surface area contributed by atoms with Gasteiger partial charge in [0.05, 0.1) is 0 Å². The second kappa shape index (κ2) is 8.17. The second-order valence-corrected chi connectivity index (χ2v) is 6.10. The van der Waals surface area contributed by atoms with Crippen molar-refractivity contribution in [3.63, 3.8) is 0 Å². The molecule has 1 aromatic heterocycles. The lowest BCUT2D eigenvalue weighted by molar-refractivity contribution is 0.892. The van der Waals surface area contributed by atoms with Gasteiger partial charge in [0.1, 0.15) is 18.0 Å². The van der Waals surface area contributed by atoms with Crippen molar-refractivity contribution in [2.24, 2.45) is 0 Å². The molecule has 0 aliphatic carbocycles. The first kappa shape index (κ1) is 16.0. The van der Waals surface area contributed by atoms with Gasteiger partial charge < -0.3 is 10.6 Å². The average Bonchev–Trinajstić information content (AvgIpc) is 2.50. The summed E-state index contributed by atoms with van der Waals surface area (Å²) in [6.45, 7) is 5.25. The molecule has 0 saturated heterocycles. The number of benzene rings is 1. The van der Waals surface area contributed by atoms with E-state index in [9.17, 15) is 0 Å². The van der Waals surface area contributed by atoms with Crippen LogP contribution >= 0.6 is 22.6 Å². The maximum Gasteiger partial charge on any atom is 0.139 e. The normalized spacial score (nSPS) is 10.4. The largest absolute Gasteiger partial charge is 0.370 e. The molecule has 1 heterocycles. The molecule has 4 nitrogen and oxygen atoms in total. The van der Waals surface area contributed by atoms with Gasteiger partial charge in [-0.3, -0.25) is 0 Å². The van der Waals surface area contributed by atoms with Gasteiger partial charge in [0, 0.05) is 21.4 Å². The number of nitrogens with one attached hydrogen (secondary N) is 2. The van der Waals surface area contributed by atoms with Crippen LogP contribution in [0.4, 0.5) is 17.3 Å². The Labute approximate surface area is 139 Å². The Morgan fingerprint density at radius 2 is 1.71 bits per heavy atom. The van der Waals surface area contributed by atoms with E-state index in [0.29, 0.717) is 0 Å². The van der Waals surface area contributed by atoms with Gasteiger partial charge in [0.15, 0.2) is 0 Å². The Bertz CT molecular complexity index is 569. The molecule has 112 valence electrons. The number of anilines is 3. The van der Waals surface area contributed by atoms with Gasteiger partial charge in [-0.2, -0.15) is 0 Å². The Morgan fingerprint density at radius 3 is 2.38 bits per heavy atom. The van der Waals surface area contributed by atoms with Crippen LogP contribution in [-0.4, -0.2) is 16.5 Å². The quantitative estimate of drug-likeness (QED) is 0.672. The average molecular weight is 396 g/mol. The molecule has 2 aromatic rings. The van der Waals surface area contributed by atoms with Crippen LogP contribution < -0.4 is 10.6 Å². The van der Waals surface area contributed by atoms with Crippen LogP contribution in [0.1, 0.15) is 32.3 Å². The number of hydrogen-bond donors (Lipinski definition) is 2. The maximum absolute atomic E-state index is 4.42. The summed E-state index contributed by atoms with van der Waals surface area (Å²) in [6, 6.07) is 8.30. The zero-order valence-corrected chi connectivity index (χ0v) is 14.6. The summed E-state index contributed by atoms with van der Waals surface area (Å²) in [5.74, 6) is 1.84. The molecule has 21 heavy (non-hydrogen) atoms. The highest BCUT2D eigenvalue weighted by molar-refractivity contribution is 14.1. The summed E-state index contributed by atoms with van der Waals surface area (Å²) in [6.07, 6.45) is 4.72. The fraction of sp³-hybridized carbons (Fsp3) is 0.375. The van der Waals surface area contributed by atoms with Crippen LogP contribution in [0, 0.1) is 3.57 Å². The van der Waals surface area contributed by atoms with Crippen molar-refractivity contribution < 1.29 is 0 Å². The monoisotopic (exact) mass is 396 g/mol. The lowest BCUT2D eigenvalue weighted by atomic mass is 10.1. The second-order valence-electron chi connectivity index (χ2n) is 4.86. The highest BCUT2D eigenvalue weighted by Crippen LogP contribution is 2.25. The van der Waals surface area contributed by atoms with Gasteiger partial charge in [-0.05, 0) is 59.7 Å². The van der Waals surface area contributed by atoms with Crippen LogP contribution in [0.5, 0.6) is 0 Å². The standard InChI is InChI=1S/C16H21IN4/c1-3-5-14-15(18-10-4-2)19-11-20-16(14)21-13-8-6-12(17)7-9-13/h6-9,11H,3-5,10H2,1-2H3,(H2,18,19,20,21). The molecule has 0 aliphatic heterocycles. The molecule has 0 unspecified atom stereocenters. The topological polar surface area (TPSA) is 49.8 Å². The van der Waals surface area contributed by atoms with Crippen molar-refractivity contribution in [3.8, 4) is 0 Å². The fourth-order valence-corrected chi connectivity index (χ4v) is 2.43. The molecule has 0 spiro atoms. The van der Waals surface area contributed by atoms with E-state index < -0.39 is 0 Å². The summed E-state index contributed by atoms with van der Waals surface area (Å²) in [5, 5.41) is 6.80. The highest BCUT2D eigenvalue weighted by Gasteiger charge is 2.10. The molecular weight excluding hydrogens is 375 g/mol. The van der Waals surface area contributed by atoms with E-state index in [4.69, 9.17) is 0 Å². The first-order valence-electron chi connectivity index (χ1n) is 7.35. The molecular formula is C16H21IN4. The number of halogens is 1. The number of hydrogen-bond acceptors (Lipinski definition) is 4. The van der Waals surface area contributed by atoms with Crippen molar-refractivity contribution in [1.29, 1.82) is 0 Å². The predicted molar refractivity (Wildman–Crippen MR) is 97.2 cm³/mol. The Hall–Kier alpha value is -1.37. The molecule has 0 fully saturated rings. The van der Waals surface area contributed by atoms with Crippen LogP contribution in [0.2, 0.25) is 0 Å². The first-order chi connectivity index (χ1) is 10.2. The SMILES string of the molecule is CCCNc1ncnc(Nc2ccc(I)cc2)c1CCC. The molecule has 0 amide bonds. The van der Waals surface area contributed by atoms with Crippen LogP contribution in [-0.2, 0) is 6.42 Å². The Morgan fingerprint density at radius 1 is 1.00 bits per heavy atom. The summed E-state index contributed by atoms with van der Waals surface area (Å²) < 4.78 is 1.22. The third-order valence-electron chi connectivity index (χ3n) is 3.09. The third kappa shape index (κ3) is 4.56. The zero-order chi connectivity index (χ0) is 15.1. The smallest absolute Gasteiger partial charge is 0.139 e. The van der Waals surface area contributed by atoms with E-state index in [2.05, 4.69) is 81.3 Å². The number of aromatic nitrogens is 2. The molecule has 2 N–H and O–H groups in total. The van der Waals surface area contributed by atoms with Gasteiger partial charge in [0.2, 0.25) is 0 Å². The molecule has 0 bridgehead atoms. The lowest BCUT2D eigenvalue weighted by Gasteiger charge is -2.15. The van der Waals surface area contributed by atoms with Gasteiger partial charge in [-0.1, -0.05) is 20.3 Å². The molecule has 2 rings (SSSR count). The van der Waals surface area contributed by atoms with Gasteiger partial charge >= 0.3 is 0 Å². The predicted octanol–water partition coefficient (Wildman–Crippen LogP) is 4.60. The van der Waals surface area contributed by atoms with Gasteiger partial charge in [-0.15, -0.1) is 0 Å². The third-order valence-corrected chi connectivity index (χ3v) is 3.81. The minimum atomic E-state index is 0.895. The van der Waals surface area contributed by atoms with Crippen molar-refractivity contribution in [2.75, 3.05) is 17.2 Å². The fourth-order valence-electron chi connectivity index (χ4n) is 2.07. The molecule has 0 atom stereocenters. The first-order valence-corrected chi connectivity index (χ1v) is 8.42. The molecule has 5 heteroatoms. The highest BCUT2D eigenvalue weighted by atomic mass is 127. The number of nitrogens with zero attached hydrogens (tertiary/aromatic N) is 2. The summed E-state index contributed by atoms with van der Waals surface area (Å²) >= 11 is 2.30. The van der Waals surface area contributed by atoms with Crippen molar-refractivity contribution >= 4 is 39.9 Å². The zero-order valence-electron chi connectivity index (χ0n) is 12.5. The molecule has 1 aromatic carbocycles. The van der Waals surface area contributed by atoms with Crippen LogP contribution in [0.25, 0.3) is 0 Å². The molecule has 0 saturated carbocycles. The summed E-state index contributed by atoms with van der Waals surface area (Å²) in [4.78, 5) is 8.81. The lowest BCUT2D eigenvalue weighted by Crippen LogP contribution is -2.09. The van der Waals surface area contributed by atoms with Crippen molar-refractivity contribution in [1.82, 2.24) is 9.97 Å². The van der Waals surface area contributed by atoms with E-state index in [0.717, 1.165) is 48.7 Å². The van der Waals surface area contributed by atoms with Crippen molar-refractivity contribution in [2.45, 2.75) is 33.1 Å². The minimum absolute atomic E-state index is 0.895. The van der Waals surface area contributed by atoms with Gasteiger partial charge in [-0.25, -0.2) is 9.97 Å². The van der Waals surface area contributed by atoms with E-state index >= 15 is 0 Å². The minimum Gasteiger partial charge on any atom is -0.370 e. The molecule has 0 radical (unpaired) electrons. The van der Waals surface area contributed by atoms with Gasteiger partial charge in [0.25, 0.3) is 0 Å². The molecule has 0 aliphatic rings. The van der Waals surface area contributed by atoms with E-state index in [1.54, 1.807) is 6.33 Å². The number of rotatable bonds is 7. The van der Waals surface area contributed by atoms with E-state index in [1.807, 2.05) is 0 Å². The van der Waals surface area contributed by atoms with Crippen LogP contribution in [0.3, 0.4) is 0 Å².